The molecule has 0 radical (unpaired) electrons. The minimum atomic E-state index is -3.48. The van der Waals surface area contributed by atoms with E-state index in [-0.39, 0.29) is 5.54 Å². The molecule has 0 atom stereocenters. The fraction of sp³-hybridized carbons (Fsp3) is 0.480. The van der Waals surface area contributed by atoms with Gasteiger partial charge >= 0.3 is 0 Å². The Balaban J connectivity index is 1.29. The van der Waals surface area contributed by atoms with E-state index in [2.05, 4.69) is 22.8 Å². The molecule has 1 saturated heterocycles. The van der Waals surface area contributed by atoms with Crippen LogP contribution in [0.25, 0.3) is 0 Å². The summed E-state index contributed by atoms with van der Waals surface area (Å²) in [6.45, 7) is 3.29. The number of sulfonamides is 1. The lowest BCUT2D eigenvalue weighted by atomic mass is 9.85. The molecule has 2 N–H and O–H groups in total. The number of hydrogen-bond acceptors (Lipinski definition) is 5. The normalized spacial score (nSPS) is 21.1. The summed E-state index contributed by atoms with van der Waals surface area (Å²) in [6.07, 6.45) is 5.83. The SMILES string of the molecule is O=S(=O)(c1ccc2c(c1)CCCC2)N1CCC2(CC1)NCCN=C2NCc1ccccc1. The van der Waals surface area contributed by atoms with Gasteiger partial charge in [0.1, 0.15) is 5.84 Å². The van der Waals surface area contributed by atoms with Crippen molar-refractivity contribution >= 4 is 15.9 Å². The second kappa shape index (κ2) is 8.96. The summed E-state index contributed by atoms with van der Waals surface area (Å²) in [4.78, 5) is 5.24. The monoisotopic (exact) mass is 452 g/mol. The highest BCUT2D eigenvalue weighted by Gasteiger charge is 2.43. The van der Waals surface area contributed by atoms with Gasteiger partial charge in [-0.1, -0.05) is 36.4 Å². The van der Waals surface area contributed by atoms with E-state index < -0.39 is 10.0 Å². The summed E-state index contributed by atoms with van der Waals surface area (Å²) in [7, 11) is -3.48. The first-order chi connectivity index (χ1) is 15.6. The van der Waals surface area contributed by atoms with E-state index in [9.17, 15) is 8.42 Å². The van der Waals surface area contributed by atoms with Crippen molar-refractivity contribution in [2.75, 3.05) is 26.2 Å². The van der Waals surface area contributed by atoms with Crippen LogP contribution in [0, 0.1) is 0 Å². The van der Waals surface area contributed by atoms with Crippen LogP contribution in [0.5, 0.6) is 0 Å². The zero-order valence-electron chi connectivity index (χ0n) is 18.5. The lowest BCUT2D eigenvalue weighted by Gasteiger charge is -2.44. The maximum atomic E-state index is 13.4. The number of piperidine rings is 1. The molecule has 1 fully saturated rings. The molecule has 1 aliphatic carbocycles. The smallest absolute Gasteiger partial charge is 0.243 e. The second-order valence-electron chi connectivity index (χ2n) is 9.12. The number of fused-ring (bicyclic) bond motifs is 1. The summed E-state index contributed by atoms with van der Waals surface area (Å²) in [5.41, 5.74) is 3.46. The molecule has 7 heteroatoms. The maximum Gasteiger partial charge on any atom is 0.243 e. The summed E-state index contributed by atoms with van der Waals surface area (Å²) >= 11 is 0. The van der Waals surface area contributed by atoms with Crippen molar-refractivity contribution < 1.29 is 8.42 Å². The topological polar surface area (TPSA) is 73.8 Å². The summed E-state index contributed by atoms with van der Waals surface area (Å²) in [6, 6.07) is 16.0. The Morgan fingerprint density at radius 1 is 1.00 bits per heavy atom. The van der Waals surface area contributed by atoms with Crippen LogP contribution in [-0.4, -0.2) is 50.3 Å². The Morgan fingerprint density at radius 3 is 2.53 bits per heavy atom. The molecule has 3 aliphatic rings. The zero-order valence-corrected chi connectivity index (χ0v) is 19.3. The number of aliphatic imine (C=N–C) groups is 1. The highest BCUT2D eigenvalue weighted by atomic mass is 32.2. The minimum Gasteiger partial charge on any atom is -0.368 e. The van der Waals surface area contributed by atoms with Crippen LogP contribution in [0.3, 0.4) is 0 Å². The van der Waals surface area contributed by atoms with Crippen LogP contribution >= 0.6 is 0 Å². The fourth-order valence-corrected chi connectivity index (χ4v) is 6.74. The van der Waals surface area contributed by atoms with Crippen LogP contribution in [0.4, 0.5) is 0 Å². The number of benzene rings is 2. The molecule has 2 aromatic carbocycles. The van der Waals surface area contributed by atoms with Crippen LogP contribution in [0.1, 0.15) is 42.4 Å². The predicted octanol–water partition coefficient (Wildman–Crippen LogP) is 2.88. The molecule has 0 bridgehead atoms. The Bertz CT molecular complexity index is 1090. The van der Waals surface area contributed by atoms with Gasteiger partial charge in [0.05, 0.1) is 17.0 Å². The van der Waals surface area contributed by atoms with Crippen molar-refractivity contribution in [3.8, 4) is 0 Å². The van der Waals surface area contributed by atoms with Gasteiger partial charge in [0, 0.05) is 26.2 Å². The van der Waals surface area contributed by atoms with Crippen molar-refractivity contribution in [3.63, 3.8) is 0 Å². The van der Waals surface area contributed by atoms with E-state index in [0.717, 1.165) is 57.6 Å². The summed E-state index contributed by atoms with van der Waals surface area (Å²) in [5.74, 6) is 0.971. The van der Waals surface area contributed by atoms with Gasteiger partial charge in [-0.15, -0.1) is 0 Å². The molecule has 2 aromatic rings. The third-order valence-corrected chi connectivity index (χ3v) is 9.03. The van der Waals surface area contributed by atoms with Gasteiger partial charge < -0.3 is 10.6 Å². The van der Waals surface area contributed by atoms with Gasteiger partial charge in [-0.2, -0.15) is 4.31 Å². The van der Waals surface area contributed by atoms with E-state index in [1.54, 1.807) is 10.4 Å². The van der Waals surface area contributed by atoms with E-state index in [4.69, 9.17) is 4.99 Å². The van der Waals surface area contributed by atoms with E-state index >= 15 is 0 Å². The van der Waals surface area contributed by atoms with Gasteiger partial charge in [-0.05, 0) is 67.3 Å². The average molecular weight is 453 g/mol. The van der Waals surface area contributed by atoms with Gasteiger partial charge in [0.15, 0.2) is 0 Å². The standard InChI is InChI=1S/C25H32N4O2S/c30-32(31,23-11-10-21-8-4-5-9-22(21)18-23)29-16-12-25(13-17-29)24(26-14-15-28-25)27-19-20-6-2-1-3-7-20/h1-3,6-7,10-11,18,28H,4-5,8-9,12-17,19H2,(H,26,27). The molecule has 32 heavy (non-hydrogen) atoms. The van der Waals surface area contributed by atoms with Gasteiger partial charge in [-0.25, -0.2) is 8.42 Å². The largest absolute Gasteiger partial charge is 0.368 e. The number of nitrogens with one attached hydrogen (secondary N) is 2. The first-order valence-corrected chi connectivity index (χ1v) is 13.2. The Hall–Kier alpha value is -2.22. The number of nitrogens with zero attached hydrogens (tertiary/aromatic N) is 2. The van der Waals surface area contributed by atoms with Crippen LogP contribution in [0.2, 0.25) is 0 Å². The molecule has 1 spiro atoms. The third kappa shape index (κ3) is 4.21. The number of hydrogen-bond donors (Lipinski definition) is 2. The van der Waals surface area contributed by atoms with Crippen molar-refractivity contribution in [2.24, 2.45) is 4.99 Å². The van der Waals surface area contributed by atoms with E-state index in [1.807, 2.05) is 30.3 Å². The number of rotatable bonds is 4. The molecular weight excluding hydrogens is 420 g/mol. The minimum absolute atomic E-state index is 0.269. The van der Waals surface area contributed by atoms with E-state index in [0.29, 0.717) is 18.0 Å². The molecule has 0 unspecified atom stereocenters. The zero-order chi connectivity index (χ0) is 22.0. The predicted molar refractivity (Wildman–Crippen MR) is 127 cm³/mol. The number of aryl methyl sites for hydroxylation is 2. The maximum absolute atomic E-state index is 13.4. The Morgan fingerprint density at radius 2 is 1.75 bits per heavy atom. The first kappa shape index (κ1) is 21.6. The molecule has 170 valence electrons. The van der Waals surface area contributed by atoms with Crippen molar-refractivity contribution in [1.29, 1.82) is 0 Å². The molecular formula is C25H32N4O2S. The lowest BCUT2D eigenvalue weighted by Crippen LogP contribution is -2.64. The van der Waals surface area contributed by atoms with Crippen molar-refractivity contribution in [1.82, 2.24) is 14.9 Å². The van der Waals surface area contributed by atoms with Crippen molar-refractivity contribution in [3.05, 3.63) is 65.2 Å². The molecule has 5 rings (SSSR count). The van der Waals surface area contributed by atoms with Crippen LogP contribution < -0.4 is 10.6 Å². The van der Waals surface area contributed by atoms with Crippen molar-refractivity contribution in [2.45, 2.75) is 55.5 Å². The fourth-order valence-electron chi connectivity index (χ4n) is 5.25. The molecule has 0 saturated carbocycles. The van der Waals surface area contributed by atoms with Gasteiger partial charge in [0.2, 0.25) is 10.0 Å². The summed E-state index contributed by atoms with van der Waals surface area (Å²) < 4.78 is 28.5. The molecule has 2 aliphatic heterocycles. The van der Waals surface area contributed by atoms with Crippen LogP contribution in [0.15, 0.2) is 58.4 Å². The molecule has 0 amide bonds. The molecule has 6 nitrogen and oxygen atoms in total. The highest BCUT2D eigenvalue weighted by molar-refractivity contribution is 7.89. The average Bonchev–Trinajstić information content (AvgIpc) is 2.84. The number of amidine groups is 1. The van der Waals surface area contributed by atoms with Gasteiger partial charge in [-0.3, -0.25) is 4.99 Å². The highest BCUT2D eigenvalue weighted by Crippen LogP contribution is 2.31. The van der Waals surface area contributed by atoms with E-state index in [1.165, 1.54) is 23.1 Å². The van der Waals surface area contributed by atoms with Gasteiger partial charge in [0.25, 0.3) is 0 Å². The quantitative estimate of drug-likeness (QED) is 0.748. The first-order valence-electron chi connectivity index (χ1n) is 11.8. The third-order valence-electron chi connectivity index (χ3n) is 7.13. The molecule has 0 aromatic heterocycles. The Labute approximate surface area is 191 Å². The summed E-state index contributed by atoms with van der Waals surface area (Å²) in [5, 5.41) is 7.20. The molecule has 2 heterocycles. The Kier molecular flexibility index (Phi) is 6.05. The lowest BCUT2D eigenvalue weighted by molar-refractivity contribution is 0.241. The van der Waals surface area contributed by atoms with Crippen LogP contribution in [-0.2, 0) is 29.4 Å². The second-order valence-corrected chi connectivity index (χ2v) is 11.1.